The summed E-state index contributed by atoms with van der Waals surface area (Å²) in [5.74, 6) is 0. The molecular formula is C15H17N. The molecule has 1 nitrogen and oxygen atoms in total. The molecule has 0 saturated carbocycles. The van der Waals surface area contributed by atoms with Gasteiger partial charge in [0, 0.05) is 11.4 Å². The monoisotopic (exact) mass is 211 g/mol. The maximum atomic E-state index is 4.80. The summed E-state index contributed by atoms with van der Waals surface area (Å²) in [7, 11) is 0. The van der Waals surface area contributed by atoms with Crippen LogP contribution < -0.4 is 0 Å². The van der Waals surface area contributed by atoms with Crippen LogP contribution in [0.2, 0.25) is 0 Å². The SMILES string of the molecule is CC1(C)CC2=CCCC(=N2)c2ccccc21. The zero-order valence-corrected chi connectivity index (χ0v) is 9.96. The van der Waals surface area contributed by atoms with Crippen molar-refractivity contribution in [2.75, 3.05) is 0 Å². The van der Waals surface area contributed by atoms with Gasteiger partial charge in [0.05, 0.1) is 0 Å². The highest BCUT2D eigenvalue weighted by Gasteiger charge is 2.30. The van der Waals surface area contributed by atoms with Gasteiger partial charge in [0.2, 0.25) is 0 Å². The van der Waals surface area contributed by atoms with Gasteiger partial charge in [0.1, 0.15) is 0 Å². The lowest BCUT2D eigenvalue weighted by Crippen LogP contribution is -2.18. The van der Waals surface area contributed by atoms with Gasteiger partial charge in [-0.05, 0) is 35.8 Å². The number of aliphatic imine (C=N–C) groups is 1. The van der Waals surface area contributed by atoms with Gasteiger partial charge in [-0.15, -0.1) is 0 Å². The summed E-state index contributed by atoms with van der Waals surface area (Å²) in [5, 5.41) is 0. The molecule has 82 valence electrons. The lowest BCUT2D eigenvalue weighted by atomic mass is 9.78. The van der Waals surface area contributed by atoms with Crippen LogP contribution in [-0.4, -0.2) is 5.71 Å². The summed E-state index contributed by atoms with van der Waals surface area (Å²) >= 11 is 0. The van der Waals surface area contributed by atoms with Gasteiger partial charge in [-0.3, -0.25) is 4.99 Å². The first-order valence-corrected chi connectivity index (χ1v) is 6.03. The van der Waals surface area contributed by atoms with Crippen molar-refractivity contribution in [3.63, 3.8) is 0 Å². The Bertz CT molecular complexity index is 492. The third-order valence-corrected chi connectivity index (χ3v) is 3.63. The largest absolute Gasteiger partial charge is 0.258 e. The third kappa shape index (κ3) is 1.42. The molecule has 1 aromatic rings. The van der Waals surface area contributed by atoms with Gasteiger partial charge in [-0.1, -0.05) is 44.2 Å². The first kappa shape index (κ1) is 9.83. The Morgan fingerprint density at radius 3 is 2.88 bits per heavy atom. The van der Waals surface area contributed by atoms with Gasteiger partial charge in [-0.2, -0.15) is 0 Å². The van der Waals surface area contributed by atoms with Gasteiger partial charge in [-0.25, -0.2) is 0 Å². The van der Waals surface area contributed by atoms with E-state index in [1.807, 2.05) is 0 Å². The van der Waals surface area contributed by atoms with E-state index in [4.69, 9.17) is 4.99 Å². The van der Waals surface area contributed by atoms with Crippen molar-refractivity contribution < 1.29 is 0 Å². The van der Waals surface area contributed by atoms with E-state index in [2.05, 4.69) is 44.2 Å². The summed E-state index contributed by atoms with van der Waals surface area (Å²) in [6.07, 6.45) is 5.61. The van der Waals surface area contributed by atoms with Crippen molar-refractivity contribution >= 4 is 5.71 Å². The molecule has 0 fully saturated rings. The zero-order chi connectivity index (χ0) is 11.2. The normalized spacial score (nSPS) is 21.6. The first-order valence-electron chi connectivity index (χ1n) is 6.03. The molecule has 1 aromatic carbocycles. The fourth-order valence-corrected chi connectivity index (χ4v) is 2.83. The molecule has 2 aliphatic heterocycles. The first-order chi connectivity index (χ1) is 7.67. The predicted molar refractivity (Wildman–Crippen MR) is 67.9 cm³/mol. The Morgan fingerprint density at radius 1 is 1.19 bits per heavy atom. The van der Waals surface area contributed by atoms with Crippen LogP contribution in [0.15, 0.2) is 41.0 Å². The van der Waals surface area contributed by atoms with Crippen molar-refractivity contribution in [2.45, 2.75) is 38.5 Å². The van der Waals surface area contributed by atoms with E-state index in [1.165, 1.54) is 22.5 Å². The highest BCUT2D eigenvalue weighted by atomic mass is 14.8. The number of allylic oxidation sites excluding steroid dienone is 2. The van der Waals surface area contributed by atoms with Crippen LogP contribution in [0.25, 0.3) is 0 Å². The van der Waals surface area contributed by atoms with Gasteiger partial charge < -0.3 is 0 Å². The van der Waals surface area contributed by atoms with Crippen LogP contribution in [0.5, 0.6) is 0 Å². The van der Waals surface area contributed by atoms with E-state index < -0.39 is 0 Å². The van der Waals surface area contributed by atoms with Crippen molar-refractivity contribution in [2.24, 2.45) is 4.99 Å². The molecule has 0 saturated heterocycles. The Kier molecular flexibility index (Phi) is 2.03. The van der Waals surface area contributed by atoms with E-state index >= 15 is 0 Å². The summed E-state index contributed by atoms with van der Waals surface area (Å²) in [4.78, 5) is 4.80. The lowest BCUT2D eigenvalue weighted by Gasteiger charge is -2.25. The van der Waals surface area contributed by atoms with Gasteiger partial charge in [0.25, 0.3) is 0 Å². The molecule has 0 N–H and O–H groups in total. The van der Waals surface area contributed by atoms with E-state index in [1.54, 1.807) is 0 Å². The topological polar surface area (TPSA) is 12.4 Å². The van der Waals surface area contributed by atoms with Crippen LogP contribution in [0.1, 0.15) is 44.2 Å². The molecule has 0 unspecified atom stereocenters. The molecule has 16 heavy (non-hydrogen) atoms. The average Bonchev–Trinajstić information content (AvgIpc) is 2.35. The van der Waals surface area contributed by atoms with Crippen LogP contribution >= 0.6 is 0 Å². The Hall–Kier alpha value is -1.37. The Labute approximate surface area is 96.9 Å². The van der Waals surface area contributed by atoms with Crippen LogP contribution in [-0.2, 0) is 5.41 Å². The highest BCUT2D eigenvalue weighted by Crippen LogP contribution is 2.38. The van der Waals surface area contributed by atoms with E-state index in [0.717, 1.165) is 19.3 Å². The van der Waals surface area contributed by atoms with Gasteiger partial charge >= 0.3 is 0 Å². The maximum Gasteiger partial charge on any atom is 0.0485 e. The standard InChI is InChI=1S/C15H17N/c1-15(2)10-11-6-5-9-14(16-11)12-7-3-4-8-13(12)15/h3-4,6-8H,5,9-10H2,1-2H3. The maximum absolute atomic E-state index is 4.80. The van der Waals surface area contributed by atoms with E-state index in [-0.39, 0.29) is 5.41 Å². The zero-order valence-electron chi connectivity index (χ0n) is 9.96. The summed E-state index contributed by atoms with van der Waals surface area (Å²) in [6, 6.07) is 8.76. The van der Waals surface area contributed by atoms with E-state index in [0.29, 0.717) is 0 Å². The number of benzene rings is 1. The molecule has 0 radical (unpaired) electrons. The second-order valence-electron chi connectivity index (χ2n) is 5.40. The number of nitrogens with zero attached hydrogens (tertiary/aromatic N) is 1. The van der Waals surface area contributed by atoms with Crippen LogP contribution in [0, 0.1) is 0 Å². The summed E-state index contributed by atoms with van der Waals surface area (Å²) < 4.78 is 0. The lowest BCUT2D eigenvalue weighted by molar-refractivity contribution is 0.519. The predicted octanol–water partition coefficient (Wildman–Crippen LogP) is 3.83. The molecule has 0 aromatic heterocycles. The summed E-state index contributed by atoms with van der Waals surface area (Å²) in [5.41, 5.74) is 5.61. The quantitative estimate of drug-likeness (QED) is 0.618. The number of hydrogen-bond donors (Lipinski definition) is 0. The number of hydrogen-bond acceptors (Lipinski definition) is 1. The van der Waals surface area contributed by atoms with Crippen LogP contribution in [0.4, 0.5) is 0 Å². The van der Waals surface area contributed by atoms with Crippen LogP contribution in [0.3, 0.4) is 0 Å². The second kappa shape index (κ2) is 3.31. The molecule has 2 bridgehead atoms. The minimum absolute atomic E-state index is 0.206. The van der Waals surface area contributed by atoms with Crippen molar-refractivity contribution in [3.8, 4) is 0 Å². The molecule has 3 rings (SSSR count). The third-order valence-electron chi connectivity index (χ3n) is 3.63. The average molecular weight is 211 g/mol. The minimum Gasteiger partial charge on any atom is -0.258 e. The molecule has 0 atom stereocenters. The fourth-order valence-electron chi connectivity index (χ4n) is 2.83. The Morgan fingerprint density at radius 2 is 2.00 bits per heavy atom. The minimum atomic E-state index is 0.206. The Balaban J connectivity index is 2.26. The van der Waals surface area contributed by atoms with Gasteiger partial charge in [0.15, 0.2) is 0 Å². The molecule has 0 spiro atoms. The van der Waals surface area contributed by atoms with Crippen molar-refractivity contribution in [1.29, 1.82) is 0 Å². The number of fused-ring (bicyclic) bond motifs is 3. The molecule has 2 heterocycles. The second-order valence-corrected chi connectivity index (χ2v) is 5.40. The molecule has 0 amide bonds. The highest BCUT2D eigenvalue weighted by molar-refractivity contribution is 6.03. The van der Waals surface area contributed by atoms with Crippen molar-refractivity contribution in [1.82, 2.24) is 0 Å². The molecule has 1 heteroatoms. The van der Waals surface area contributed by atoms with E-state index in [9.17, 15) is 0 Å². The molecule has 0 aliphatic carbocycles. The summed E-state index contributed by atoms with van der Waals surface area (Å²) in [6.45, 7) is 4.65. The molecule has 2 aliphatic rings. The smallest absolute Gasteiger partial charge is 0.0485 e. The number of rotatable bonds is 0. The molecular weight excluding hydrogens is 194 g/mol. The van der Waals surface area contributed by atoms with Crippen molar-refractivity contribution in [3.05, 3.63) is 47.2 Å². The fraction of sp³-hybridized carbons (Fsp3) is 0.400.